The molecule has 1 heterocycles. The number of ether oxygens (including phenoxy) is 2. The standard InChI is InChI=1S/C19H31N3O2.HI/c1-4-5-11-20-18(21-12-10-19(3)23-13-14-24-19)22-15-17-8-6-16(2)7-9-17;/h6-9H,4-5,10-15H2,1-3H3,(H2,20,21,22);1H. The van der Waals surface area contributed by atoms with Gasteiger partial charge in [0.05, 0.1) is 19.8 Å². The molecule has 2 rings (SSSR count). The van der Waals surface area contributed by atoms with Crippen LogP contribution in [0.1, 0.15) is 44.2 Å². The second-order valence-corrected chi connectivity index (χ2v) is 6.44. The summed E-state index contributed by atoms with van der Waals surface area (Å²) in [6.45, 7) is 10.0. The van der Waals surface area contributed by atoms with E-state index in [-0.39, 0.29) is 24.0 Å². The third-order valence-electron chi connectivity index (χ3n) is 4.13. The molecule has 0 unspecified atom stereocenters. The summed E-state index contributed by atoms with van der Waals surface area (Å²) < 4.78 is 11.3. The number of nitrogens with one attached hydrogen (secondary N) is 2. The van der Waals surface area contributed by atoms with Gasteiger partial charge in [-0.1, -0.05) is 43.2 Å². The van der Waals surface area contributed by atoms with Crippen molar-refractivity contribution in [2.45, 2.75) is 52.4 Å². The molecule has 1 aromatic rings. The summed E-state index contributed by atoms with van der Waals surface area (Å²) in [6.07, 6.45) is 3.10. The molecule has 6 heteroatoms. The lowest BCUT2D eigenvalue weighted by molar-refractivity contribution is -0.145. The van der Waals surface area contributed by atoms with Crippen LogP contribution in [0.15, 0.2) is 29.3 Å². The summed E-state index contributed by atoms with van der Waals surface area (Å²) in [5.74, 6) is 0.393. The molecule has 1 aromatic carbocycles. The summed E-state index contributed by atoms with van der Waals surface area (Å²) in [7, 11) is 0. The van der Waals surface area contributed by atoms with Crippen molar-refractivity contribution in [2.75, 3.05) is 26.3 Å². The minimum absolute atomic E-state index is 0. The highest BCUT2D eigenvalue weighted by atomic mass is 127. The fourth-order valence-corrected chi connectivity index (χ4v) is 2.53. The third-order valence-corrected chi connectivity index (χ3v) is 4.13. The average molecular weight is 461 g/mol. The van der Waals surface area contributed by atoms with Crippen molar-refractivity contribution in [3.63, 3.8) is 0 Å². The first-order valence-electron chi connectivity index (χ1n) is 8.97. The fraction of sp³-hybridized carbons (Fsp3) is 0.632. The van der Waals surface area contributed by atoms with E-state index in [1.165, 1.54) is 11.1 Å². The van der Waals surface area contributed by atoms with Crippen LogP contribution >= 0.6 is 24.0 Å². The first-order chi connectivity index (χ1) is 11.6. The van der Waals surface area contributed by atoms with Gasteiger partial charge in [0.1, 0.15) is 0 Å². The van der Waals surface area contributed by atoms with Crippen molar-refractivity contribution in [3.8, 4) is 0 Å². The van der Waals surface area contributed by atoms with Crippen LogP contribution in [0.5, 0.6) is 0 Å². The van der Waals surface area contributed by atoms with Crippen molar-refractivity contribution in [2.24, 2.45) is 4.99 Å². The van der Waals surface area contributed by atoms with Crippen LogP contribution in [0.4, 0.5) is 0 Å². The fourth-order valence-electron chi connectivity index (χ4n) is 2.53. The number of aliphatic imine (C=N–C) groups is 1. The molecule has 1 saturated heterocycles. The first-order valence-corrected chi connectivity index (χ1v) is 8.97. The van der Waals surface area contributed by atoms with E-state index in [4.69, 9.17) is 14.5 Å². The van der Waals surface area contributed by atoms with E-state index in [9.17, 15) is 0 Å². The van der Waals surface area contributed by atoms with Crippen LogP contribution in [0.25, 0.3) is 0 Å². The van der Waals surface area contributed by atoms with E-state index in [1.54, 1.807) is 0 Å². The van der Waals surface area contributed by atoms with Gasteiger partial charge in [-0.15, -0.1) is 24.0 Å². The van der Waals surface area contributed by atoms with E-state index in [0.29, 0.717) is 19.8 Å². The molecule has 0 aromatic heterocycles. The van der Waals surface area contributed by atoms with Crippen LogP contribution in [0.3, 0.4) is 0 Å². The minimum Gasteiger partial charge on any atom is -0.356 e. The number of hydrogen-bond acceptors (Lipinski definition) is 3. The summed E-state index contributed by atoms with van der Waals surface area (Å²) >= 11 is 0. The molecule has 0 atom stereocenters. The molecule has 0 radical (unpaired) electrons. The van der Waals surface area contributed by atoms with Crippen molar-refractivity contribution < 1.29 is 9.47 Å². The number of unbranched alkanes of at least 4 members (excludes halogenated alkanes) is 1. The maximum atomic E-state index is 5.64. The SMILES string of the molecule is CCCCNC(=NCc1ccc(C)cc1)NCCC1(C)OCCO1.I. The zero-order chi connectivity index (χ0) is 17.3. The minimum atomic E-state index is -0.460. The molecule has 0 aliphatic carbocycles. The van der Waals surface area contributed by atoms with Gasteiger partial charge >= 0.3 is 0 Å². The van der Waals surface area contributed by atoms with Gasteiger partial charge in [-0.2, -0.15) is 0 Å². The van der Waals surface area contributed by atoms with Crippen molar-refractivity contribution in [3.05, 3.63) is 35.4 Å². The Morgan fingerprint density at radius 3 is 2.40 bits per heavy atom. The Bertz CT molecular complexity index is 514. The molecule has 1 aliphatic heterocycles. The van der Waals surface area contributed by atoms with Gasteiger partial charge in [-0.05, 0) is 25.8 Å². The second kappa shape index (κ2) is 11.7. The first kappa shape index (κ1) is 22.2. The molecule has 2 N–H and O–H groups in total. The third kappa shape index (κ3) is 8.37. The highest BCUT2D eigenvalue weighted by Crippen LogP contribution is 2.21. The van der Waals surface area contributed by atoms with E-state index < -0.39 is 5.79 Å². The smallest absolute Gasteiger partial charge is 0.191 e. The van der Waals surface area contributed by atoms with Crippen molar-refractivity contribution in [1.29, 1.82) is 0 Å². The molecule has 0 saturated carbocycles. The van der Waals surface area contributed by atoms with Gasteiger partial charge in [-0.25, -0.2) is 4.99 Å². The topological polar surface area (TPSA) is 54.9 Å². The Kier molecular flexibility index (Phi) is 10.4. The van der Waals surface area contributed by atoms with Gasteiger partial charge in [-0.3, -0.25) is 0 Å². The van der Waals surface area contributed by atoms with Crippen molar-refractivity contribution in [1.82, 2.24) is 10.6 Å². The van der Waals surface area contributed by atoms with Crippen LogP contribution in [-0.4, -0.2) is 38.0 Å². The Morgan fingerprint density at radius 1 is 1.12 bits per heavy atom. The molecule has 0 spiro atoms. The van der Waals surface area contributed by atoms with E-state index >= 15 is 0 Å². The molecule has 1 aliphatic rings. The van der Waals surface area contributed by atoms with Crippen LogP contribution in [-0.2, 0) is 16.0 Å². The number of benzene rings is 1. The molecule has 0 amide bonds. The summed E-state index contributed by atoms with van der Waals surface area (Å²) in [4.78, 5) is 4.70. The Labute approximate surface area is 169 Å². The Balaban J connectivity index is 0.00000312. The maximum absolute atomic E-state index is 5.64. The van der Waals surface area contributed by atoms with E-state index in [1.807, 2.05) is 6.92 Å². The number of guanidine groups is 1. The molecule has 25 heavy (non-hydrogen) atoms. The number of nitrogens with zero attached hydrogens (tertiary/aromatic N) is 1. The molecule has 0 bridgehead atoms. The predicted octanol–water partition coefficient (Wildman–Crippen LogP) is 3.60. The van der Waals surface area contributed by atoms with E-state index in [2.05, 4.69) is 48.7 Å². The Hall–Kier alpha value is -0.860. The summed E-state index contributed by atoms with van der Waals surface area (Å²) in [5.41, 5.74) is 2.48. The molecule has 1 fully saturated rings. The van der Waals surface area contributed by atoms with Gasteiger partial charge in [0.15, 0.2) is 11.7 Å². The highest BCUT2D eigenvalue weighted by Gasteiger charge is 2.30. The Morgan fingerprint density at radius 2 is 1.76 bits per heavy atom. The average Bonchev–Trinajstić information content (AvgIpc) is 3.00. The van der Waals surface area contributed by atoms with Crippen LogP contribution in [0.2, 0.25) is 0 Å². The molecule has 142 valence electrons. The lowest BCUT2D eigenvalue weighted by atomic mass is 10.1. The van der Waals surface area contributed by atoms with Crippen molar-refractivity contribution >= 4 is 29.9 Å². The van der Waals surface area contributed by atoms with E-state index in [0.717, 1.165) is 38.3 Å². The number of rotatable bonds is 8. The lowest BCUT2D eigenvalue weighted by Crippen LogP contribution is -2.41. The summed E-state index contributed by atoms with van der Waals surface area (Å²) in [6, 6.07) is 8.50. The molecule has 5 nitrogen and oxygen atoms in total. The number of halogens is 1. The molecular formula is C19H32IN3O2. The lowest BCUT2D eigenvalue weighted by Gasteiger charge is -2.23. The van der Waals surface area contributed by atoms with Gasteiger partial charge < -0.3 is 20.1 Å². The monoisotopic (exact) mass is 461 g/mol. The van der Waals surface area contributed by atoms with Crippen LogP contribution < -0.4 is 10.6 Å². The normalized spacial score (nSPS) is 16.4. The zero-order valence-electron chi connectivity index (χ0n) is 15.6. The maximum Gasteiger partial charge on any atom is 0.191 e. The largest absolute Gasteiger partial charge is 0.356 e. The zero-order valence-corrected chi connectivity index (χ0v) is 18.0. The van der Waals surface area contributed by atoms with Crippen LogP contribution in [0, 0.1) is 6.92 Å². The predicted molar refractivity (Wildman–Crippen MR) is 114 cm³/mol. The highest BCUT2D eigenvalue weighted by molar-refractivity contribution is 14.0. The van der Waals surface area contributed by atoms with Gasteiger partial charge in [0.25, 0.3) is 0 Å². The second-order valence-electron chi connectivity index (χ2n) is 6.44. The van der Waals surface area contributed by atoms with Gasteiger partial charge in [0.2, 0.25) is 0 Å². The summed E-state index contributed by atoms with van der Waals surface area (Å²) in [5, 5.41) is 6.79. The number of aryl methyl sites for hydroxylation is 1. The quantitative estimate of drug-likeness (QED) is 0.269. The van der Waals surface area contributed by atoms with Gasteiger partial charge in [0, 0.05) is 19.5 Å². The molecular weight excluding hydrogens is 429 g/mol. The number of hydrogen-bond donors (Lipinski definition) is 2.